The van der Waals surface area contributed by atoms with Crippen LogP contribution < -0.4 is 16.4 Å². The minimum Gasteiger partial charge on any atom is -0.480 e. The molecule has 7 nitrogen and oxygen atoms in total. The number of carboxylic acid groups (broad SMARTS) is 1. The first-order chi connectivity index (χ1) is 9.29. The average molecular weight is 365 g/mol. The number of hydrogen-bond donors (Lipinski definition) is 4. The van der Waals surface area contributed by atoms with Crippen molar-refractivity contribution in [2.24, 2.45) is 5.73 Å². The Morgan fingerprint density at radius 2 is 2.05 bits per heavy atom. The molecule has 0 spiro atoms. The Morgan fingerprint density at radius 1 is 1.40 bits per heavy atom. The number of amides is 3. The lowest BCUT2D eigenvalue weighted by Crippen LogP contribution is -2.45. The molecule has 1 aromatic carbocycles. The van der Waals surface area contributed by atoms with Crippen LogP contribution in [0.2, 0.25) is 5.02 Å². The second-order valence-corrected chi connectivity index (χ2v) is 5.05. The maximum Gasteiger partial charge on any atom is 0.326 e. The Labute approximate surface area is 127 Å². The van der Waals surface area contributed by atoms with Crippen molar-refractivity contribution in [3.63, 3.8) is 0 Å². The van der Waals surface area contributed by atoms with Crippen molar-refractivity contribution in [3.05, 3.63) is 27.7 Å². The fourth-order valence-corrected chi connectivity index (χ4v) is 1.73. The highest BCUT2D eigenvalue weighted by molar-refractivity contribution is 9.10. The normalized spacial score (nSPS) is 11.5. The summed E-state index contributed by atoms with van der Waals surface area (Å²) < 4.78 is 0.655. The van der Waals surface area contributed by atoms with Crippen LogP contribution in [0.3, 0.4) is 0 Å². The van der Waals surface area contributed by atoms with Crippen molar-refractivity contribution in [3.8, 4) is 0 Å². The summed E-state index contributed by atoms with van der Waals surface area (Å²) in [4.78, 5) is 33.2. The molecule has 0 unspecified atom stereocenters. The van der Waals surface area contributed by atoms with Gasteiger partial charge in [-0.2, -0.15) is 0 Å². The molecular formula is C11H11BrClN3O4. The first-order valence-electron chi connectivity index (χ1n) is 5.33. The van der Waals surface area contributed by atoms with Gasteiger partial charge in [-0.1, -0.05) is 11.6 Å². The van der Waals surface area contributed by atoms with Crippen LogP contribution in [0.4, 0.5) is 10.5 Å². The van der Waals surface area contributed by atoms with E-state index in [0.29, 0.717) is 15.2 Å². The van der Waals surface area contributed by atoms with Gasteiger partial charge in [-0.3, -0.25) is 4.79 Å². The predicted octanol–water partition coefficient (Wildman–Crippen LogP) is 1.55. The van der Waals surface area contributed by atoms with Crippen molar-refractivity contribution in [2.45, 2.75) is 12.5 Å². The van der Waals surface area contributed by atoms with E-state index >= 15 is 0 Å². The molecule has 0 heterocycles. The van der Waals surface area contributed by atoms with Crippen molar-refractivity contribution < 1.29 is 19.5 Å². The first-order valence-corrected chi connectivity index (χ1v) is 6.50. The van der Waals surface area contributed by atoms with Gasteiger partial charge in [0.15, 0.2) is 0 Å². The van der Waals surface area contributed by atoms with Crippen molar-refractivity contribution in [1.29, 1.82) is 0 Å². The van der Waals surface area contributed by atoms with Crippen LogP contribution in [-0.4, -0.2) is 29.1 Å². The van der Waals surface area contributed by atoms with Gasteiger partial charge in [0, 0.05) is 10.2 Å². The average Bonchev–Trinajstić information content (AvgIpc) is 2.32. The van der Waals surface area contributed by atoms with E-state index in [4.69, 9.17) is 22.4 Å². The number of urea groups is 1. The van der Waals surface area contributed by atoms with Gasteiger partial charge in [-0.25, -0.2) is 9.59 Å². The van der Waals surface area contributed by atoms with Gasteiger partial charge in [0.25, 0.3) is 0 Å². The SMILES string of the molecule is NC(=O)C[C@H](NC(=O)Nc1ccc(Br)c(Cl)c1)C(=O)O. The summed E-state index contributed by atoms with van der Waals surface area (Å²) in [6.45, 7) is 0. The maximum absolute atomic E-state index is 11.6. The summed E-state index contributed by atoms with van der Waals surface area (Å²) in [6.07, 6.45) is -0.496. The van der Waals surface area contributed by atoms with Gasteiger partial charge in [0.2, 0.25) is 5.91 Å². The second kappa shape index (κ2) is 7.11. The van der Waals surface area contributed by atoms with Crippen molar-refractivity contribution >= 4 is 51.1 Å². The van der Waals surface area contributed by atoms with Gasteiger partial charge in [-0.05, 0) is 34.1 Å². The second-order valence-electron chi connectivity index (χ2n) is 3.79. The molecule has 0 saturated heterocycles. The highest BCUT2D eigenvalue weighted by Gasteiger charge is 2.22. The molecular weight excluding hydrogens is 353 g/mol. The van der Waals surface area contributed by atoms with Crippen molar-refractivity contribution in [1.82, 2.24) is 5.32 Å². The van der Waals surface area contributed by atoms with Gasteiger partial charge in [-0.15, -0.1) is 0 Å². The number of benzene rings is 1. The molecule has 0 aliphatic rings. The van der Waals surface area contributed by atoms with Crippen LogP contribution in [0.15, 0.2) is 22.7 Å². The lowest BCUT2D eigenvalue weighted by Gasteiger charge is -2.13. The molecule has 9 heteroatoms. The molecule has 0 radical (unpaired) electrons. The molecule has 20 heavy (non-hydrogen) atoms. The molecule has 0 aliphatic heterocycles. The van der Waals surface area contributed by atoms with E-state index in [1.54, 1.807) is 12.1 Å². The number of aliphatic carboxylic acids is 1. The molecule has 1 aromatic rings. The molecule has 5 N–H and O–H groups in total. The smallest absolute Gasteiger partial charge is 0.326 e. The molecule has 0 fully saturated rings. The standard InChI is InChI=1S/C11H11BrClN3O4/c12-6-2-1-5(3-7(6)13)15-11(20)16-8(10(18)19)4-9(14)17/h1-3,8H,4H2,(H2,14,17)(H,18,19)(H2,15,16,20)/t8-/m0/s1. The molecule has 0 saturated carbocycles. The monoisotopic (exact) mass is 363 g/mol. The zero-order valence-corrected chi connectivity index (χ0v) is 12.4. The maximum atomic E-state index is 11.6. The first kappa shape index (κ1) is 16.3. The lowest BCUT2D eigenvalue weighted by atomic mass is 10.2. The molecule has 1 rings (SSSR count). The number of anilines is 1. The summed E-state index contributed by atoms with van der Waals surface area (Å²) >= 11 is 9.04. The van der Waals surface area contributed by atoms with E-state index in [1.807, 2.05) is 0 Å². The van der Waals surface area contributed by atoms with Crippen LogP contribution in [0.5, 0.6) is 0 Å². The Hall–Kier alpha value is -1.80. The van der Waals surface area contributed by atoms with Gasteiger partial charge in [0.05, 0.1) is 11.4 Å². The van der Waals surface area contributed by atoms with Gasteiger partial charge < -0.3 is 21.5 Å². The third-order valence-electron chi connectivity index (χ3n) is 2.19. The molecule has 1 atom stereocenters. The summed E-state index contributed by atoms with van der Waals surface area (Å²) in [7, 11) is 0. The Morgan fingerprint density at radius 3 is 2.55 bits per heavy atom. The summed E-state index contributed by atoms with van der Waals surface area (Å²) in [5.74, 6) is -2.18. The van der Waals surface area contributed by atoms with Gasteiger partial charge in [0.1, 0.15) is 6.04 Å². The molecule has 3 amide bonds. The molecule has 0 aliphatic carbocycles. The van der Waals surface area contributed by atoms with Crippen LogP contribution >= 0.6 is 27.5 Å². The lowest BCUT2D eigenvalue weighted by molar-refractivity contribution is -0.140. The Kier molecular flexibility index (Phi) is 5.78. The predicted molar refractivity (Wildman–Crippen MR) is 76.5 cm³/mol. The number of rotatable bonds is 5. The zero-order chi connectivity index (χ0) is 15.3. The number of carbonyl (C=O) groups is 3. The fraction of sp³-hybridized carbons (Fsp3) is 0.182. The minimum absolute atomic E-state index is 0.374. The zero-order valence-electron chi connectivity index (χ0n) is 10.0. The highest BCUT2D eigenvalue weighted by Crippen LogP contribution is 2.25. The highest BCUT2D eigenvalue weighted by atomic mass is 79.9. The topological polar surface area (TPSA) is 122 Å². The fourth-order valence-electron chi connectivity index (χ4n) is 1.30. The van der Waals surface area contributed by atoms with Crippen LogP contribution in [0.25, 0.3) is 0 Å². The number of halogens is 2. The van der Waals surface area contributed by atoms with Crippen LogP contribution in [-0.2, 0) is 9.59 Å². The largest absolute Gasteiger partial charge is 0.480 e. The third-order valence-corrected chi connectivity index (χ3v) is 3.42. The van der Waals surface area contributed by atoms with Crippen LogP contribution in [0.1, 0.15) is 6.42 Å². The van der Waals surface area contributed by atoms with Crippen LogP contribution in [0, 0.1) is 0 Å². The number of nitrogens with one attached hydrogen (secondary N) is 2. The van der Waals surface area contributed by atoms with E-state index < -0.39 is 30.4 Å². The molecule has 108 valence electrons. The van der Waals surface area contributed by atoms with E-state index in [2.05, 4.69) is 26.6 Å². The van der Waals surface area contributed by atoms with Crippen molar-refractivity contribution in [2.75, 3.05) is 5.32 Å². The van der Waals surface area contributed by atoms with E-state index in [-0.39, 0.29) is 0 Å². The number of carbonyl (C=O) groups excluding carboxylic acids is 2. The van der Waals surface area contributed by atoms with Gasteiger partial charge >= 0.3 is 12.0 Å². The summed E-state index contributed by atoms with van der Waals surface area (Å²) in [5.41, 5.74) is 5.27. The Bertz CT molecular complexity index is 552. The number of primary amides is 1. The third kappa shape index (κ3) is 5.06. The van der Waals surface area contributed by atoms with E-state index in [1.165, 1.54) is 6.07 Å². The van der Waals surface area contributed by atoms with E-state index in [0.717, 1.165) is 0 Å². The number of nitrogens with two attached hydrogens (primary N) is 1. The van der Waals surface area contributed by atoms with E-state index in [9.17, 15) is 14.4 Å². The number of hydrogen-bond acceptors (Lipinski definition) is 3. The molecule has 0 aromatic heterocycles. The number of carboxylic acids is 1. The summed E-state index contributed by atoms with van der Waals surface area (Å²) in [5, 5.41) is 13.7. The molecule has 0 bridgehead atoms. The quantitative estimate of drug-likeness (QED) is 0.633. The summed E-state index contributed by atoms with van der Waals surface area (Å²) in [6, 6.07) is 2.50. The Balaban J connectivity index is 2.67. The minimum atomic E-state index is -1.39.